The number of hydrogen-bond donors (Lipinski definition) is 1. The first-order chi connectivity index (χ1) is 7.37. The zero-order valence-electron chi connectivity index (χ0n) is 9.40. The second-order valence-corrected chi connectivity index (χ2v) is 3.42. The van der Waals surface area contributed by atoms with Gasteiger partial charge < -0.3 is 10.1 Å². The van der Waals surface area contributed by atoms with Crippen LogP contribution in [0.4, 0.5) is 18.9 Å². The molecule has 0 aromatic heterocycles. The minimum Gasteiger partial charge on any atom is -0.406 e. The molecule has 0 radical (unpaired) electrons. The third-order valence-corrected chi connectivity index (χ3v) is 2.30. The zero-order chi connectivity index (χ0) is 12.3. The Morgan fingerprint density at radius 1 is 1.31 bits per heavy atom. The molecule has 16 heavy (non-hydrogen) atoms. The van der Waals surface area contributed by atoms with Crippen LogP contribution in [-0.4, -0.2) is 13.4 Å². The lowest BCUT2D eigenvalue weighted by molar-refractivity contribution is -0.274. The predicted octanol–water partition coefficient (Wildman–Crippen LogP) is 3.50. The molecule has 1 rings (SSSR count). The van der Waals surface area contributed by atoms with Gasteiger partial charge in [0.2, 0.25) is 0 Å². The minimum atomic E-state index is -4.65. The number of aryl methyl sites for hydroxylation is 1. The number of ether oxygens (including phenoxy) is 1. The van der Waals surface area contributed by atoms with Gasteiger partial charge in [-0.1, -0.05) is 6.92 Å². The van der Waals surface area contributed by atoms with E-state index in [4.69, 9.17) is 0 Å². The molecule has 1 aromatic rings. The van der Waals surface area contributed by atoms with Gasteiger partial charge in [0.05, 0.1) is 0 Å². The van der Waals surface area contributed by atoms with E-state index in [0.29, 0.717) is 5.69 Å². The minimum absolute atomic E-state index is 0.188. The molecule has 0 aliphatic heterocycles. The molecular formula is C11H14F3NO. The maximum Gasteiger partial charge on any atom is 0.573 e. The van der Waals surface area contributed by atoms with Crippen molar-refractivity contribution in [3.8, 4) is 5.75 Å². The Labute approximate surface area is 92.4 Å². The molecule has 0 aliphatic carbocycles. The number of halogens is 3. The molecule has 90 valence electrons. The highest BCUT2D eigenvalue weighted by Crippen LogP contribution is 2.30. The van der Waals surface area contributed by atoms with Gasteiger partial charge >= 0.3 is 6.36 Å². The van der Waals surface area contributed by atoms with E-state index in [2.05, 4.69) is 10.1 Å². The Morgan fingerprint density at radius 3 is 2.38 bits per heavy atom. The molecule has 0 heterocycles. The molecule has 0 atom stereocenters. The second-order valence-electron chi connectivity index (χ2n) is 3.42. The van der Waals surface area contributed by atoms with E-state index >= 15 is 0 Å². The maximum absolute atomic E-state index is 12.0. The lowest BCUT2D eigenvalue weighted by Crippen LogP contribution is -2.17. The van der Waals surface area contributed by atoms with Gasteiger partial charge in [0.15, 0.2) is 0 Å². The smallest absolute Gasteiger partial charge is 0.406 e. The van der Waals surface area contributed by atoms with Crippen molar-refractivity contribution in [1.29, 1.82) is 0 Å². The van der Waals surface area contributed by atoms with Gasteiger partial charge in [-0.15, -0.1) is 13.2 Å². The Morgan fingerprint density at radius 2 is 1.94 bits per heavy atom. The molecule has 0 saturated heterocycles. The van der Waals surface area contributed by atoms with Crippen LogP contribution in [-0.2, 0) is 6.42 Å². The van der Waals surface area contributed by atoms with Gasteiger partial charge in [0, 0.05) is 18.8 Å². The Hall–Kier alpha value is -1.39. The summed E-state index contributed by atoms with van der Waals surface area (Å²) in [6, 6.07) is 2.76. The lowest BCUT2D eigenvalue weighted by Gasteiger charge is -2.15. The largest absolute Gasteiger partial charge is 0.573 e. The number of nitrogens with one attached hydrogen (secondary N) is 1. The van der Waals surface area contributed by atoms with Crippen LogP contribution in [0.25, 0.3) is 0 Å². The van der Waals surface area contributed by atoms with Crippen molar-refractivity contribution in [3.05, 3.63) is 23.3 Å². The summed E-state index contributed by atoms with van der Waals surface area (Å²) in [5, 5.41) is 2.87. The van der Waals surface area contributed by atoms with E-state index in [9.17, 15) is 13.2 Å². The van der Waals surface area contributed by atoms with Crippen molar-refractivity contribution < 1.29 is 17.9 Å². The van der Waals surface area contributed by atoms with Crippen molar-refractivity contribution in [2.45, 2.75) is 26.6 Å². The molecule has 0 amide bonds. The topological polar surface area (TPSA) is 21.3 Å². The fourth-order valence-corrected chi connectivity index (χ4v) is 1.67. The molecule has 1 N–H and O–H groups in total. The van der Waals surface area contributed by atoms with Crippen molar-refractivity contribution in [2.24, 2.45) is 0 Å². The average Bonchev–Trinajstić information content (AvgIpc) is 2.14. The first-order valence-corrected chi connectivity index (χ1v) is 4.94. The Balaban J connectivity index is 3.10. The molecule has 0 fully saturated rings. The SMILES string of the molecule is CCc1c(C)cc(OC(F)(F)F)cc1NC. The summed E-state index contributed by atoms with van der Waals surface area (Å²) in [6.07, 6.45) is -3.89. The quantitative estimate of drug-likeness (QED) is 0.862. The fourth-order valence-electron chi connectivity index (χ4n) is 1.67. The maximum atomic E-state index is 12.0. The summed E-state index contributed by atoms with van der Waals surface area (Å²) in [5.41, 5.74) is 2.45. The summed E-state index contributed by atoms with van der Waals surface area (Å²) < 4.78 is 40.0. The Kier molecular flexibility index (Phi) is 3.67. The molecule has 1 aromatic carbocycles. The molecule has 0 saturated carbocycles. The number of anilines is 1. The summed E-state index contributed by atoms with van der Waals surface area (Å²) in [5.74, 6) is -0.188. The van der Waals surface area contributed by atoms with Crippen molar-refractivity contribution in [1.82, 2.24) is 0 Å². The monoisotopic (exact) mass is 233 g/mol. The Bertz CT molecular complexity index is 374. The molecule has 2 nitrogen and oxygen atoms in total. The molecule has 0 aliphatic rings. The summed E-state index contributed by atoms with van der Waals surface area (Å²) in [7, 11) is 1.67. The fraction of sp³-hybridized carbons (Fsp3) is 0.455. The van der Waals surface area contributed by atoms with Gasteiger partial charge in [-0.25, -0.2) is 0 Å². The van der Waals surface area contributed by atoms with E-state index in [0.717, 1.165) is 17.5 Å². The number of hydrogen-bond acceptors (Lipinski definition) is 2. The zero-order valence-corrected chi connectivity index (χ0v) is 9.40. The second kappa shape index (κ2) is 4.63. The van der Waals surface area contributed by atoms with Crippen LogP contribution in [0.3, 0.4) is 0 Å². The first kappa shape index (κ1) is 12.7. The van der Waals surface area contributed by atoms with E-state index in [1.807, 2.05) is 6.92 Å². The van der Waals surface area contributed by atoms with Crippen LogP contribution < -0.4 is 10.1 Å². The summed E-state index contributed by atoms with van der Waals surface area (Å²) in [6.45, 7) is 3.72. The van der Waals surface area contributed by atoms with Crippen LogP contribution in [0.5, 0.6) is 5.75 Å². The van der Waals surface area contributed by atoms with Gasteiger partial charge in [0.1, 0.15) is 5.75 Å². The molecule has 0 spiro atoms. The molecule has 5 heteroatoms. The van der Waals surface area contributed by atoms with Crippen molar-refractivity contribution in [2.75, 3.05) is 12.4 Å². The highest BCUT2D eigenvalue weighted by atomic mass is 19.4. The third kappa shape index (κ3) is 3.05. The third-order valence-electron chi connectivity index (χ3n) is 2.30. The van der Waals surface area contributed by atoms with E-state index in [1.165, 1.54) is 12.1 Å². The first-order valence-electron chi connectivity index (χ1n) is 4.94. The van der Waals surface area contributed by atoms with Crippen LogP contribution in [0.15, 0.2) is 12.1 Å². The van der Waals surface area contributed by atoms with Crippen LogP contribution in [0.1, 0.15) is 18.1 Å². The summed E-state index contributed by atoms with van der Waals surface area (Å²) >= 11 is 0. The highest BCUT2D eigenvalue weighted by Gasteiger charge is 2.31. The lowest BCUT2D eigenvalue weighted by atomic mass is 10.0. The van der Waals surface area contributed by atoms with Gasteiger partial charge in [-0.3, -0.25) is 0 Å². The highest BCUT2D eigenvalue weighted by molar-refractivity contribution is 5.58. The van der Waals surface area contributed by atoms with Crippen molar-refractivity contribution >= 4 is 5.69 Å². The molecule has 0 unspecified atom stereocenters. The summed E-state index contributed by atoms with van der Waals surface area (Å²) in [4.78, 5) is 0. The molecule has 0 bridgehead atoms. The number of alkyl halides is 3. The van der Waals surface area contributed by atoms with E-state index in [-0.39, 0.29) is 5.75 Å². The normalized spacial score (nSPS) is 11.4. The molecular weight excluding hydrogens is 219 g/mol. The standard InChI is InChI=1S/C11H14F3NO/c1-4-9-7(2)5-8(6-10(9)15-3)16-11(12,13)14/h5-6,15H,4H2,1-3H3. The van der Waals surface area contributed by atoms with Crippen LogP contribution in [0, 0.1) is 6.92 Å². The van der Waals surface area contributed by atoms with Crippen LogP contribution in [0.2, 0.25) is 0 Å². The number of benzene rings is 1. The van der Waals surface area contributed by atoms with Gasteiger partial charge in [-0.05, 0) is 30.5 Å². The van der Waals surface area contributed by atoms with E-state index < -0.39 is 6.36 Å². The average molecular weight is 233 g/mol. The van der Waals surface area contributed by atoms with Crippen molar-refractivity contribution in [3.63, 3.8) is 0 Å². The number of rotatable bonds is 3. The van der Waals surface area contributed by atoms with Gasteiger partial charge in [-0.2, -0.15) is 0 Å². The van der Waals surface area contributed by atoms with E-state index in [1.54, 1.807) is 14.0 Å². The predicted molar refractivity (Wildman–Crippen MR) is 56.8 cm³/mol. The van der Waals surface area contributed by atoms with Gasteiger partial charge in [0.25, 0.3) is 0 Å². The van der Waals surface area contributed by atoms with Crippen LogP contribution >= 0.6 is 0 Å².